The molecule has 1 aromatic heterocycles. The number of nitrogens with zero attached hydrogens (tertiary/aromatic N) is 3. The highest BCUT2D eigenvalue weighted by atomic mass is 127. The van der Waals surface area contributed by atoms with Crippen molar-refractivity contribution in [3.63, 3.8) is 0 Å². The van der Waals surface area contributed by atoms with Gasteiger partial charge in [-0.3, -0.25) is 9.67 Å². The van der Waals surface area contributed by atoms with Crippen LogP contribution in [-0.2, 0) is 6.54 Å². The van der Waals surface area contributed by atoms with Crippen molar-refractivity contribution in [3.05, 3.63) is 52.3 Å². The number of halogens is 2. The Morgan fingerprint density at radius 1 is 1.30 bits per heavy atom. The zero-order valence-electron chi connectivity index (χ0n) is 16.1. The first-order valence-electron chi connectivity index (χ1n) is 8.97. The molecule has 0 aliphatic heterocycles. The Balaban J connectivity index is 0.00000364. The largest absolute Gasteiger partial charge is 0.386 e. The number of guanidine groups is 1. The molecule has 0 spiro atoms. The van der Waals surface area contributed by atoms with Gasteiger partial charge in [-0.2, -0.15) is 5.10 Å². The van der Waals surface area contributed by atoms with E-state index in [1.54, 1.807) is 6.07 Å². The van der Waals surface area contributed by atoms with Crippen LogP contribution in [0.4, 0.5) is 0 Å². The van der Waals surface area contributed by atoms with E-state index in [9.17, 15) is 5.11 Å². The van der Waals surface area contributed by atoms with Gasteiger partial charge in [-0.1, -0.05) is 29.8 Å². The maximum absolute atomic E-state index is 10.3. The molecule has 6 nitrogen and oxygen atoms in total. The smallest absolute Gasteiger partial charge is 0.191 e. The topological polar surface area (TPSA) is 74.5 Å². The monoisotopic (exact) mass is 505 g/mol. The second-order valence-corrected chi connectivity index (χ2v) is 6.59. The SMILES string of the molecule is CCNC(=NCC(O)c1ccccc1Cl)NCCCn1nc(C)cc1C.I. The van der Waals surface area contributed by atoms with Crippen molar-refractivity contribution in [3.8, 4) is 0 Å². The Labute approximate surface area is 183 Å². The summed E-state index contributed by atoms with van der Waals surface area (Å²) in [5.41, 5.74) is 2.91. The standard InChI is InChI=1S/C19H28ClN5O.HI/c1-4-21-19(22-10-7-11-25-15(3)12-14(2)24-25)23-13-18(26)16-8-5-6-9-17(16)20;/h5-6,8-9,12,18,26H,4,7,10-11,13H2,1-3H3,(H2,21,22,23);1H. The highest BCUT2D eigenvalue weighted by molar-refractivity contribution is 14.0. The molecule has 2 rings (SSSR count). The van der Waals surface area contributed by atoms with Gasteiger partial charge in [0.2, 0.25) is 0 Å². The summed E-state index contributed by atoms with van der Waals surface area (Å²) < 4.78 is 2.02. The first-order chi connectivity index (χ1) is 12.5. The molecule has 27 heavy (non-hydrogen) atoms. The van der Waals surface area contributed by atoms with Crippen LogP contribution in [0.1, 0.15) is 36.4 Å². The van der Waals surface area contributed by atoms with Crippen molar-refractivity contribution in [2.24, 2.45) is 4.99 Å². The minimum absolute atomic E-state index is 0. The molecule has 3 N–H and O–H groups in total. The minimum Gasteiger partial charge on any atom is -0.386 e. The molecule has 0 aliphatic rings. The molecule has 2 aromatic rings. The second kappa shape index (κ2) is 12.2. The van der Waals surface area contributed by atoms with Crippen LogP contribution in [0, 0.1) is 13.8 Å². The lowest BCUT2D eigenvalue weighted by Crippen LogP contribution is -2.38. The van der Waals surface area contributed by atoms with Gasteiger partial charge in [0.15, 0.2) is 5.96 Å². The number of hydrogen-bond donors (Lipinski definition) is 3. The fourth-order valence-electron chi connectivity index (χ4n) is 2.70. The Hall–Kier alpha value is -1.32. The lowest BCUT2D eigenvalue weighted by molar-refractivity contribution is 0.187. The van der Waals surface area contributed by atoms with Gasteiger partial charge < -0.3 is 15.7 Å². The van der Waals surface area contributed by atoms with Crippen LogP contribution in [-0.4, -0.2) is 40.5 Å². The fraction of sp³-hybridized carbons (Fsp3) is 0.474. The minimum atomic E-state index is -0.728. The van der Waals surface area contributed by atoms with E-state index in [4.69, 9.17) is 11.6 Å². The van der Waals surface area contributed by atoms with Crippen LogP contribution in [0.3, 0.4) is 0 Å². The molecule has 0 saturated carbocycles. The average molecular weight is 506 g/mol. The lowest BCUT2D eigenvalue weighted by atomic mass is 10.1. The van der Waals surface area contributed by atoms with E-state index in [0.29, 0.717) is 16.5 Å². The van der Waals surface area contributed by atoms with Crippen LogP contribution in [0.5, 0.6) is 0 Å². The predicted molar refractivity (Wildman–Crippen MR) is 122 cm³/mol. The van der Waals surface area contributed by atoms with Gasteiger partial charge >= 0.3 is 0 Å². The molecule has 1 unspecified atom stereocenters. The van der Waals surface area contributed by atoms with Crippen molar-refractivity contribution in [2.45, 2.75) is 39.8 Å². The van der Waals surface area contributed by atoms with Gasteiger partial charge in [0.25, 0.3) is 0 Å². The third-order valence-electron chi connectivity index (χ3n) is 3.97. The molecule has 8 heteroatoms. The maximum atomic E-state index is 10.3. The fourth-order valence-corrected chi connectivity index (χ4v) is 2.96. The number of aromatic nitrogens is 2. The van der Waals surface area contributed by atoms with E-state index in [1.165, 1.54) is 5.69 Å². The van der Waals surface area contributed by atoms with Crippen molar-refractivity contribution >= 4 is 41.5 Å². The van der Waals surface area contributed by atoms with E-state index in [-0.39, 0.29) is 30.5 Å². The molecule has 0 aliphatic carbocycles. The summed E-state index contributed by atoms with van der Waals surface area (Å²) in [4.78, 5) is 4.46. The van der Waals surface area contributed by atoms with Crippen molar-refractivity contribution in [1.82, 2.24) is 20.4 Å². The summed E-state index contributed by atoms with van der Waals surface area (Å²) in [6.45, 7) is 8.71. The summed E-state index contributed by atoms with van der Waals surface area (Å²) in [5.74, 6) is 0.687. The van der Waals surface area contributed by atoms with E-state index < -0.39 is 6.10 Å². The van der Waals surface area contributed by atoms with Crippen LogP contribution < -0.4 is 10.6 Å². The van der Waals surface area contributed by atoms with Gasteiger partial charge in [-0.05, 0) is 39.3 Å². The van der Waals surface area contributed by atoms with Gasteiger partial charge in [0.05, 0.1) is 12.2 Å². The summed E-state index contributed by atoms with van der Waals surface area (Å²) >= 11 is 6.12. The van der Waals surface area contributed by atoms with Gasteiger partial charge in [-0.25, -0.2) is 0 Å². The summed E-state index contributed by atoms with van der Waals surface area (Å²) in [5, 5.41) is 21.8. The molecule has 1 heterocycles. The highest BCUT2D eigenvalue weighted by Gasteiger charge is 2.10. The number of aliphatic hydroxyl groups is 1. The third-order valence-corrected chi connectivity index (χ3v) is 4.32. The molecule has 0 saturated heterocycles. The molecule has 150 valence electrons. The van der Waals surface area contributed by atoms with Crippen LogP contribution in [0.2, 0.25) is 5.02 Å². The summed E-state index contributed by atoms with van der Waals surface area (Å²) in [6.07, 6.45) is 0.202. The molecular formula is C19H29ClIN5O. The number of aryl methyl sites for hydroxylation is 3. The lowest BCUT2D eigenvalue weighted by Gasteiger charge is -2.14. The first kappa shape index (κ1) is 23.7. The van der Waals surface area contributed by atoms with E-state index in [2.05, 4.69) is 33.7 Å². The molecular weight excluding hydrogens is 477 g/mol. The Morgan fingerprint density at radius 3 is 2.67 bits per heavy atom. The van der Waals surface area contributed by atoms with Gasteiger partial charge in [0.1, 0.15) is 6.10 Å². The Kier molecular flexibility index (Phi) is 10.7. The normalized spacial score (nSPS) is 12.4. The zero-order valence-corrected chi connectivity index (χ0v) is 19.2. The van der Waals surface area contributed by atoms with Crippen molar-refractivity contribution in [2.75, 3.05) is 19.6 Å². The summed E-state index contributed by atoms with van der Waals surface area (Å²) in [6, 6.07) is 9.37. The van der Waals surface area contributed by atoms with E-state index in [1.807, 2.05) is 36.7 Å². The van der Waals surface area contributed by atoms with Gasteiger partial charge in [-0.15, -0.1) is 24.0 Å². The molecule has 1 atom stereocenters. The number of aliphatic imine (C=N–C) groups is 1. The van der Waals surface area contributed by atoms with E-state index >= 15 is 0 Å². The maximum Gasteiger partial charge on any atom is 0.191 e. The average Bonchev–Trinajstić information content (AvgIpc) is 2.94. The zero-order chi connectivity index (χ0) is 18.9. The van der Waals surface area contributed by atoms with Crippen LogP contribution >= 0.6 is 35.6 Å². The molecule has 0 radical (unpaired) electrons. The Morgan fingerprint density at radius 2 is 2.04 bits per heavy atom. The molecule has 0 amide bonds. The van der Waals surface area contributed by atoms with E-state index in [0.717, 1.165) is 31.7 Å². The van der Waals surface area contributed by atoms with Crippen molar-refractivity contribution in [1.29, 1.82) is 0 Å². The second-order valence-electron chi connectivity index (χ2n) is 6.19. The van der Waals surface area contributed by atoms with Gasteiger partial charge in [0, 0.05) is 35.9 Å². The number of hydrogen-bond acceptors (Lipinski definition) is 3. The molecule has 1 aromatic carbocycles. The predicted octanol–water partition coefficient (Wildman–Crippen LogP) is 3.45. The van der Waals surface area contributed by atoms with Crippen LogP contribution in [0.25, 0.3) is 0 Å². The number of rotatable bonds is 8. The number of aliphatic hydroxyl groups excluding tert-OH is 1. The number of nitrogens with one attached hydrogen (secondary N) is 2. The first-order valence-corrected chi connectivity index (χ1v) is 9.34. The molecule has 0 bridgehead atoms. The van der Waals surface area contributed by atoms with Crippen LogP contribution in [0.15, 0.2) is 35.3 Å². The summed E-state index contributed by atoms with van der Waals surface area (Å²) in [7, 11) is 0. The molecule has 0 fully saturated rings. The quantitative estimate of drug-likeness (QED) is 0.222. The number of benzene rings is 1. The Bertz CT molecular complexity index is 735. The van der Waals surface area contributed by atoms with Crippen molar-refractivity contribution < 1.29 is 5.11 Å². The third kappa shape index (κ3) is 7.67. The highest BCUT2D eigenvalue weighted by Crippen LogP contribution is 2.22.